The van der Waals surface area contributed by atoms with E-state index in [2.05, 4.69) is 15.9 Å². The number of aliphatic hydroxyl groups excluding tert-OH is 1. The SMILES string of the molecule is OC1CCCC(Cc2cccc(F)c2Br)C1. The summed E-state index contributed by atoms with van der Waals surface area (Å²) < 4.78 is 13.9. The van der Waals surface area contributed by atoms with E-state index in [1.807, 2.05) is 6.07 Å². The van der Waals surface area contributed by atoms with Crippen LogP contribution in [0.4, 0.5) is 4.39 Å². The summed E-state index contributed by atoms with van der Waals surface area (Å²) in [4.78, 5) is 0. The maximum absolute atomic E-state index is 13.3. The van der Waals surface area contributed by atoms with Crippen LogP contribution in [0.2, 0.25) is 0 Å². The van der Waals surface area contributed by atoms with Crippen LogP contribution in [-0.2, 0) is 6.42 Å². The fraction of sp³-hybridized carbons (Fsp3) is 0.538. The van der Waals surface area contributed by atoms with Crippen molar-refractivity contribution in [2.45, 2.75) is 38.2 Å². The number of hydrogen-bond acceptors (Lipinski definition) is 1. The third kappa shape index (κ3) is 2.83. The van der Waals surface area contributed by atoms with Crippen molar-refractivity contribution >= 4 is 15.9 Å². The first kappa shape index (κ1) is 12.1. The molecular formula is C13H16BrFO. The van der Waals surface area contributed by atoms with E-state index < -0.39 is 0 Å². The summed E-state index contributed by atoms with van der Waals surface area (Å²) in [5.74, 6) is 0.288. The number of halogens is 2. The van der Waals surface area contributed by atoms with Crippen LogP contribution >= 0.6 is 15.9 Å². The molecule has 3 heteroatoms. The Morgan fingerprint density at radius 2 is 2.19 bits per heavy atom. The Labute approximate surface area is 104 Å². The Morgan fingerprint density at radius 1 is 1.38 bits per heavy atom. The van der Waals surface area contributed by atoms with Crippen LogP contribution in [0.1, 0.15) is 31.2 Å². The lowest BCUT2D eigenvalue weighted by molar-refractivity contribution is 0.101. The summed E-state index contributed by atoms with van der Waals surface area (Å²) in [6, 6.07) is 5.16. The predicted octanol–water partition coefficient (Wildman–Crippen LogP) is 3.68. The van der Waals surface area contributed by atoms with Crippen LogP contribution in [-0.4, -0.2) is 11.2 Å². The second-order valence-electron chi connectivity index (χ2n) is 4.60. The number of benzene rings is 1. The lowest BCUT2D eigenvalue weighted by atomic mass is 9.83. The minimum atomic E-state index is -0.200. The molecule has 0 spiro atoms. The Kier molecular flexibility index (Phi) is 3.98. The topological polar surface area (TPSA) is 20.2 Å². The summed E-state index contributed by atoms with van der Waals surface area (Å²) in [5.41, 5.74) is 1.01. The molecule has 1 aromatic rings. The molecule has 0 radical (unpaired) electrons. The second-order valence-corrected chi connectivity index (χ2v) is 5.40. The summed E-state index contributed by atoms with van der Waals surface area (Å²) in [6.07, 6.45) is 4.68. The molecule has 88 valence electrons. The summed E-state index contributed by atoms with van der Waals surface area (Å²) in [7, 11) is 0. The molecule has 16 heavy (non-hydrogen) atoms. The predicted molar refractivity (Wildman–Crippen MR) is 65.8 cm³/mol. The first-order valence-electron chi connectivity index (χ1n) is 5.77. The molecule has 0 aliphatic heterocycles. The minimum absolute atomic E-state index is 0.161. The van der Waals surface area contributed by atoms with Crippen molar-refractivity contribution in [1.29, 1.82) is 0 Å². The van der Waals surface area contributed by atoms with Crippen molar-refractivity contribution in [2.24, 2.45) is 5.92 Å². The monoisotopic (exact) mass is 286 g/mol. The number of aliphatic hydroxyl groups is 1. The van der Waals surface area contributed by atoms with Crippen molar-refractivity contribution < 1.29 is 9.50 Å². The van der Waals surface area contributed by atoms with Crippen molar-refractivity contribution in [3.8, 4) is 0 Å². The summed E-state index contributed by atoms with van der Waals surface area (Å²) >= 11 is 3.28. The van der Waals surface area contributed by atoms with E-state index >= 15 is 0 Å². The Morgan fingerprint density at radius 3 is 2.94 bits per heavy atom. The van der Waals surface area contributed by atoms with E-state index in [0.29, 0.717) is 10.4 Å². The highest BCUT2D eigenvalue weighted by molar-refractivity contribution is 9.10. The molecule has 0 amide bonds. The van der Waals surface area contributed by atoms with E-state index in [1.165, 1.54) is 6.07 Å². The zero-order valence-corrected chi connectivity index (χ0v) is 10.7. The molecule has 1 saturated carbocycles. The lowest BCUT2D eigenvalue weighted by Gasteiger charge is -2.26. The quantitative estimate of drug-likeness (QED) is 0.879. The van der Waals surface area contributed by atoms with Crippen LogP contribution in [0.3, 0.4) is 0 Å². The van der Waals surface area contributed by atoms with Gasteiger partial charge in [-0.2, -0.15) is 0 Å². The van der Waals surface area contributed by atoms with Gasteiger partial charge in [-0.1, -0.05) is 18.6 Å². The fourth-order valence-electron chi connectivity index (χ4n) is 2.47. The van der Waals surface area contributed by atoms with Gasteiger partial charge in [0.2, 0.25) is 0 Å². The first-order chi connectivity index (χ1) is 7.66. The normalized spacial score (nSPS) is 25.7. The second kappa shape index (κ2) is 5.28. The lowest BCUT2D eigenvalue weighted by Crippen LogP contribution is -2.21. The smallest absolute Gasteiger partial charge is 0.137 e. The molecule has 0 bridgehead atoms. The molecule has 2 unspecified atom stereocenters. The van der Waals surface area contributed by atoms with Gasteiger partial charge in [0.05, 0.1) is 10.6 Å². The molecule has 1 aromatic carbocycles. The largest absolute Gasteiger partial charge is 0.393 e. The molecule has 1 fully saturated rings. The average molecular weight is 287 g/mol. The van der Waals surface area contributed by atoms with Crippen LogP contribution in [0.25, 0.3) is 0 Å². The molecule has 2 atom stereocenters. The van der Waals surface area contributed by atoms with Crippen LogP contribution in [0, 0.1) is 11.7 Å². The van der Waals surface area contributed by atoms with Crippen molar-refractivity contribution in [3.63, 3.8) is 0 Å². The number of hydrogen-bond donors (Lipinski definition) is 1. The molecule has 0 aromatic heterocycles. The van der Waals surface area contributed by atoms with Gasteiger partial charge in [-0.3, -0.25) is 0 Å². The van der Waals surface area contributed by atoms with Crippen LogP contribution < -0.4 is 0 Å². The van der Waals surface area contributed by atoms with Gasteiger partial charge in [0, 0.05) is 0 Å². The third-order valence-electron chi connectivity index (χ3n) is 3.30. The molecule has 0 heterocycles. The van der Waals surface area contributed by atoms with Gasteiger partial charge < -0.3 is 5.11 Å². The van der Waals surface area contributed by atoms with Gasteiger partial charge in [-0.25, -0.2) is 4.39 Å². The van der Waals surface area contributed by atoms with Gasteiger partial charge in [0.15, 0.2) is 0 Å². The molecule has 1 nitrogen and oxygen atoms in total. The highest BCUT2D eigenvalue weighted by Gasteiger charge is 2.21. The molecule has 1 aliphatic carbocycles. The highest BCUT2D eigenvalue weighted by atomic mass is 79.9. The van der Waals surface area contributed by atoms with E-state index in [-0.39, 0.29) is 11.9 Å². The van der Waals surface area contributed by atoms with Crippen LogP contribution in [0.15, 0.2) is 22.7 Å². The summed E-state index contributed by atoms with van der Waals surface area (Å²) in [5, 5.41) is 9.60. The van der Waals surface area contributed by atoms with Gasteiger partial charge in [-0.15, -0.1) is 0 Å². The maximum atomic E-state index is 13.3. The van der Waals surface area contributed by atoms with Crippen molar-refractivity contribution in [1.82, 2.24) is 0 Å². The van der Waals surface area contributed by atoms with Gasteiger partial charge >= 0.3 is 0 Å². The molecular weight excluding hydrogens is 271 g/mol. The van der Waals surface area contributed by atoms with E-state index in [0.717, 1.165) is 37.7 Å². The molecule has 2 rings (SSSR count). The van der Waals surface area contributed by atoms with E-state index in [1.54, 1.807) is 6.07 Å². The van der Waals surface area contributed by atoms with Crippen molar-refractivity contribution in [2.75, 3.05) is 0 Å². The first-order valence-corrected chi connectivity index (χ1v) is 6.57. The Bertz CT molecular complexity index is 367. The zero-order valence-electron chi connectivity index (χ0n) is 9.13. The van der Waals surface area contributed by atoms with Crippen molar-refractivity contribution in [3.05, 3.63) is 34.1 Å². The van der Waals surface area contributed by atoms with Gasteiger partial charge in [0.25, 0.3) is 0 Å². The zero-order chi connectivity index (χ0) is 11.5. The highest BCUT2D eigenvalue weighted by Crippen LogP contribution is 2.30. The molecule has 0 saturated heterocycles. The van der Waals surface area contributed by atoms with Crippen LogP contribution in [0.5, 0.6) is 0 Å². The van der Waals surface area contributed by atoms with Gasteiger partial charge in [-0.05, 0) is 59.2 Å². The maximum Gasteiger partial charge on any atom is 0.137 e. The third-order valence-corrected chi connectivity index (χ3v) is 4.18. The Balaban J connectivity index is 2.05. The molecule has 1 N–H and O–H groups in total. The minimum Gasteiger partial charge on any atom is -0.393 e. The summed E-state index contributed by atoms with van der Waals surface area (Å²) in [6.45, 7) is 0. The van der Waals surface area contributed by atoms with E-state index in [9.17, 15) is 9.50 Å². The van der Waals surface area contributed by atoms with Gasteiger partial charge in [0.1, 0.15) is 5.82 Å². The van der Waals surface area contributed by atoms with E-state index in [4.69, 9.17) is 0 Å². The standard InChI is InChI=1S/C13H16BrFO/c14-13-10(4-2-6-12(13)15)7-9-3-1-5-11(16)8-9/h2,4,6,9,11,16H,1,3,5,7-8H2. The average Bonchev–Trinajstić information content (AvgIpc) is 2.25. The fourth-order valence-corrected chi connectivity index (χ4v) is 2.89. The molecule has 1 aliphatic rings. The number of rotatable bonds is 2. The Hall–Kier alpha value is -0.410.